The zero-order chi connectivity index (χ0) is 15.9. The molecule has 22 heavy (non-hydrogen) atoms. The molecule has 2 aromatic heterocycles. The Balaban J connectivity index is 2.05. The van der Waals surface area contributed by atoms with Crippen molar-refractivity contribution in [2.75, 3.05) is 24.9 Å². The molecule has 6 N–H and O–H groups in total. The van der Waals surface area contributed by atoms with Crippen molar-refractivity contribution >= 4 is 22.9 Å². The lowest BCUT2D eigenvalue weighted by atomic mass is 10.1. The number of ether oxygens (including phenoxy) is 1. The van der Waals surface area contributed by atoms with E-state index in [-0.39, 0.29) is 11.8 Å². The van der Waals surface area contributed by atoms with Gasteiger partial charge in [-0.2, -0.15) is 9.97 Å². The molecule has 3 rings (SSSR count). The van der Waals surface area contributed by atoms with Crippen LogP contribution in [0.15, 0.2) is 6.33 Å². The Kier molecular flexibility index (Phi) is 3.80. The van der Waals surface area contributed by atoms with E-state index in [9.17, 15) is 10.2 Å². The highest BCUT2D eigenvalue weighted by atomic mass is 16.6. The molecular weight excluding hydrogens is 296 g/mol. The number of fused-ring (bicyclic) bond motifs is 1. The lowest BCUT2D eigenvalue weighted by molar-refractivity contribution is -0.0511. The molecular formula is C11H16N6O5. The molecule has 0 radical (unpaired) electrons. The van der Waals surface area contributed by atoms with Crippen LogP contribution in [0, 0.1) is 0 Å². The first-order chi connectivity index (χ1) is 10.6. The second kappa shape index (κ2) is 5.62. The smallest absolute Gasteiger partial charge is 0.224 e. The molecule has 2 aromatic rings. The lowest BCUT2D eigenvalue weighted by Crippen LogP contribution is -2.33. The molecule has 0 amide bonds. The van der Waals surface area contributed by atoms with Gasteiger partial charge in [-0.05, 0) is 0 Å². The first kappa shape index (κ1) is 14.9. The molecule has 11 heteroatoms. The Morgan fingerprint density at radius 3 is 2.82 bits per heavy atom. The molecule has 1 aliphatic heterocycles. The van der Waals surface area contributed by atoms with Gasteiger partial charge in [0.25, 0.3) is 0 Å². The SMILES string of the molecule is CONc1nc(N)nc2c1ncn2[C@@H]1O[C@H](CO)[C@@H](O)[C@H]1O. The molecule has 0 aromatic carbocycles. The lowest BCUT2D eigenvalue weighted by Gasteiger charge is -2.16. The predicted molar refractivity (Wildman–Crippen MR) is 73.4 cm³/mol. The number of rotatable bonds is 4. The zero-order valence-electron chi connectivity index (χ0n) is 11.6. The van der Waals surface area contributed by atoms with Crippen molar-refractivity contribution in [2.24, 2.45) is 0 Å². The standard InChI is InChI=1S/C11H16N6O5/c1-21-16-8-5-9(15-11(12)14-8)17(3-13-5)10-7(20)6(19)4(2-18)22-10/h3-4,6-7,10,18-20H,2H2,1H3,(H3,12,14,15,16)/t4-,6-,7-,10-/m1/s1. The summed E-state index contributed by atoms with van der Waals surface area (Å²) in [5.74, 6) is 0.232. The van der Waals surface area contributed by atoms with Crippen molar-refractivity contribution in [1.29, 1.82) is 0 Å². The van der Waals surface area contributed by atoms with E-state index in [0.717, 1.165) is 0 Å². The minimum atomic E-state index is -1.25. The van der Waals surface area contributed by atoms with Crippen LogP contribution < -0.4 is 11.2 Å². The minimum absolute atomic E-state index is 0.0273. The number of nitrogens with two attached hydrogens (primary N) is 1. The Morgan fingerprint density at radius 1 is 1.41 bits per heavy atom. The summed E-state index contributed by atoms with van der Waals surface area (Å²) in [5, 5.41) is 29.1. The van der Waals surface area contributed by atoms with Gasteiger partial charge in [-0.25, -0.2) is 10.5 Å². The number of anilines is 2. The summed E-state index contributed by atoms with van der Waals surface area (Å²) in [7, 11) is 1.41. The van der Waals surface area contributed by atoms with Crippen molar-refractivity contribution in [3.8, 4) is 0 Å². The molecule has 0 spiro atoms. The molecule has 11 nitrogen and oxygen atoms in total. The van der Waals surface area contributed by atoms with Gasteiger partial charge in [-0.1, -0.05) is 0 Å². The molecule has 0 aliphatic carbocycles. The van der Waals surface area contributed by atoms with Crippen LogP contribution in [0.1, 0.15) is 6.23 Å². The Bertz CT molecular complexity index is 678. The fourth-order valence-corrected chi connectivity index (χ4v) is 2.40. The average Bonchev–Trinajstić information content (AvgIpc) is 3.02. The first-order valence-electron chi connectivity index (χ1n) is 6.48. The fraction of sp³-hybridized carbons (Fsp3) is 0.545. The highest BCUT2D eigenvalue weighted by Crippen LogP contribution is 2.32. The van der Waals surface area contributed by atoms with Gasteiger partial charge in [0.05, 0.1) is 20.0 Å². The Hall–Kier alpha value is -2.05. The number of nitrogen functional groups attached to an aromatic ring is 1. The van der Waals surface area contributed by atoms with E-state index >= 15 is 0 Å². The third-order valence-corrected chi connectivity index (χ3v) is 3.43. The monoisotopic (exact) mass is 312 g/mol. The Labute approximate surface area is 124 Å². The summed E-state index contributed by atoms with van der Waals surface area (Å²) in [6.45, 7) is -0.422. The molecule has 4 atom stereocenters. The third kappa shape index (κ3) is 2.24. The van der Waals surface area contributed by atoms with Crippen molar-refractivity contribution < 1.29 is 24.9 Å². The topological polar surface area (TPSA) is 161 Å². The molecule has 0 saturated carbocycles. The van der Waals surface area contributed by atoms with E-state index in [1.807, 2.05) is 0 Å². The van der Waals surface area contributed by atoms with Gasteiger partial charge in [0, 0.05) is 0 Å². The highest BCUT2D eigenvalue weighted by molar-refractivity contribution is 5.83. The summed E-state index contributed by atoms with van der Waals surface area (Å²) in [6, 6.07) is 0. The third-order valence-electron chi connectivity index (χ3n) is 3.43. The van der Waals surface area contributed by atoms with Crippen LogP contribution in [-0.4, -0.2) is 66.9 Å². The maximum atomic E-state index is 10.1. The van der Waals surface area contributed by atoms with Crippen molar-refractivity contribution in [1.82, 2.24) is 19.5 Å². The number of nitrogens with one attached hydrogen (secondary N) is 1. The van der Waals surface area contributed by atoms with E-state index in [2.05, 4.69) is 20.4 Å². The normalized spacial score (nSPS) is 28.4. The van der Waals surface area contributed by atoms with Gasteiger partial charge >= 0.3 is 0 Å². The van der Waals surface area contributed by atoms with Gasteiger partial charge in [0.2, 0.25) is 5.95 Å². The van der Waals surface area contributed by atoms with Gasteiger partial charge in [-0.3, -0.25) is 9.40 Å². The summed E-state index contributed by atoms with van der Waals surface area (Å²) >= 11 is 0. The van der Waals surface area contributed by atoms with Crippen LogP contribution in [0.3, 0.4) is 0 Å². The van der Waals surface area contributed by atoms with E-state index in [0.29, 0.717) is 11.2 Å². The van der Waals surface area contributed by atoms with Crippen molar-refractivity contribution in [3.05, 3.63) is 6.33 Å². The molecule has 3 heterocycles. The van der Waals surface area contributed by atoms with Crippen LogP contribution in [0.5, 0.6) is 0 Å². The second-order valence-electron chi connectivity index (χ2n) is 4.79. The van der Waals surface area contributed by atoms with Gasteiger partial charge in [0.15, 0.2) is 23.2 Å². The second-order valence-corrected chi connectivity index (χ2v) is 4.79. The quantitative estimate of drug-likeness (QED) is 0.399. The summed E-state index contributed by atoms with van der Waals surface area (Å²) in [4.78, 5) is 17.0. The van der Waals surface area contributed by atoms with E-state index in [1.165, 1.54) is 18.0 Å². The zero-order valence-corrected chi connectivity index (χ0v) is 11.6. The molecule has 1 saturated heterocycles. The van der Waals surface area contributed by atoms with Crippen LogP contribution in [0.25, 0.3) is 11.2 Å². The number of hydrogen-bond donors (Lipinski definition) is 5. The van der Waals surface area contributed by atoms with Crippen LogP contribution in [0.2, 0.25) is 0 Å². The first-order valence-corrected chi connectivity index (χ1v) is 6.48. The summed E-state index contributed by atoms with van der Waals surface area (Å²) in [5.41, 5.74) is 8.83. The molecule has 1 fully saturated rings. The van der Waals surface area contributed by atoms with Crippen LogP contribution in [-0.2, 0) is 9.57 Å². The summed E-state index contributed by atoms with van der Waals surface area (Å²) in [6.07, 6.45) is -2.94. The van der Waals surface area contributed by atoms with Crippen molar-refractivity contribution in [2.45, 2.75) is 24.5 Å². The van der Waals surface area contributed by atoms with Crippen molar-refractivity contribution in [3.63, 3.8) is 0 Å². The van der Waals surface area contributed by atoms with Crippen LogP contribution >= 0.6 is 0 Å². The molecule has 0 bridgehead atoms. The maximum absolute atomic E-state index is 10.1. The van der Waals surface area contributed by atoms with Crippen LogP contribution in [0.4, 0.5) is 11.8 Å². The van der Waals surface area contributed by atoms with E-state index < -0.39 is 31.1 Å². The molecule has 1 aliphatic rings. The molecule has 120 valence electrons. The molecule has 0 unspecified atom stereocenters. The highest BCUT2D eigenvalue weighted by Gasteiger charge is 2.44. The van der Waals surface area contributed by atoms with E-state index in [4.69, 9.17) is 20.4 Å². The number of hydrogen-bond acceptors (Lipinski definition) is 10. The fourth-order valence-electron chi connectivity index (χ4n) is 2.40. The van der Waals surface area contributed by atoms with Gasteiger partial charge in [0.1, 0.15) is 18.3 Å². The number of aromatic nitrogens is 4. The van der Waals surface area contributed by atoms with E-state index in [1.54, 1.807) is 0 Å². The van der Waals surface area contributed by atoms with Gasteiger partial charge < -0.3 is 25.8 Å². The summed E-state index contributed by atoms with van der Waals surface area (Å²) < 4.78 is 6.86. The maximum Gasteiger partial charge on any atom is 0.224 e. The number of aliphatic hydroxyl groups excluding tert-OH is 3. The number of aliphatic hydroxyl groups is 3. The average molecular weight is 312 g/mol. The number of nitrogens with zero attached hydrogens (tertiary/aromatic N) is 4. The minimum Gasteiger partial charge on any atom is -0.394 e. The number of imidazole rings is 1. The largest absolute Gasteiger partial charge is 0.394 e. The predicted octanol–water partition coefficient (Wildman–Crippen LogP) is -2.01. The van der Waals surface area contributed by atoms with Gasteiger partial charge in [-0.15, -0.1) is 0 Å². The Morgan fingerprint density at radius 2 is 2.18 bits per heavy atom.